The quantitative estimate of drug-likeness (QED) is 0.566. The lowest BCUT2D eigenvalue weighted by Gasteiger charge is -2.18. The molecule has 3 aromatic rings. The number of nitrogens with zero attached hydrogens (tertiary/aromatic N) is 4. The molecule has 6 nitrogen and oxygen atoms in total. The van der Waals surface area contributed by atoms with Crippen molar-refractivity contribution in [3.8, 4) is 0 Å². The van der Waals surface area contributed by atoms with Gasteiger partial charge in [0, 0.05) is 41.8 Å². The SMILES string of the molecule is CCC(C)n1cc(Nc2ncc(C(F)(F)F)c(NC3(C)CC3)n2)c2cnccc21. The molecule has 0 bridgehead atoms. The lowest BCUT2D eigenvalue weighted by atomic mass is 10.2. The summed E-state index contributed by atoms with van der Waals surface area (Å²) in [5.41, 5.74) is 0.492. The molecule has 2 N–H and O–H groups in total. The van der Waals surface area contributed by atoms with E-state index in [2.05, 4.69) is 44.0 Å². The Morgan fingerprint density at radius 1 is 1.28 bits per heavy atom. The Morgan fingerprint density at radius 2 is 2.03 bits per heavy atom. The van der Waals surface area contributed by atoms with E-state index in [1.165, 1.54) is 0 Å². The molecule has 0 saturated heterocycles. The Balaban J connectivity index is 1.72. The number of aromatic nitrogens is 4. The maximum Gasteiger partial charge on any atom is 0.421 e. The van der Waals surface area contributed by atoms with Gasteiger partial charge in [-0.25, -0.2) is 4.98 Å². The van der Waals surface area contributed by atoms with Gasteiger partial charge in [0.15, 0.2) is 0 Å². The van der Waals surface area contributed by atoms with E-state index in [-0.39, 0.29) is 23.3 Å². The Kier molecular flexibility index (Phi) is 4.63. The minimum absolute atomic E-state index is 0.108. The first-order valence-electron chi connectivity index (χ1n) is 9.64. The highest BCUT2D eigenvalue weighted by molar-refractivity contribution is 5.93. The summed E-state index contributed by atoms with van der Waals surface area (Å²) in [5.74, 6) is -0.0874. The molecule has 3 aromatic heterocycles. The maximum atomic E-state index is 13.4. The summed E-state index contributed by atoms with van der Waals surface area (Å²) in [5, 5.41) is 6.88. The zero-order valence-electron chi connectivity index (χ0n) is 16.5. The van der Waals surface area contributed by atoms with Gasteiger partial charge in [-0.15, -0.1) is 0 Å². The van der Waals surface area contributed by atoms with E-state index >= 15 is 0 Å². The number of hydrogen-bond donors (Lipinski definition) is 2. The summed E-state index contributed by atoms with van der Waals surface area (Å²) in [6, 6.07) is 2.18. The largest absolute Gasteiger partial charge is 0.421 e. The fraction of sp³-hybridized carbons (Fsp3) is 0.450. The van der Waals surface area contributed by atoms with E-state index in [0.717, 1.165) is 36.4 Å². The molecule has 1 aliphatic carbocycles. The van der Waals surface area contributed by atoms with Crippen LogP contribution in [0.5, 0.6) is 0 Å². The van der Waals surface area contributed by atoms with E-state index < -0.39 is 11.7 Å². The number of anilines is 3. The van der Waals surface area contributed by atoms with Crippen molar-refractivity contribution in [2.24, 2.45) is 0 Å². The molecule has 0 aromatic carbocycles. The first-order chi connectivity index (χ1) is 13.7. The van der Waals surface area contributed by atoms with Crippen molar-refractivity contribution in [1.29, 1.82) is 0 Å². The molecule has 154 valence electrons. The molecular formula is C20H23F3N6. The van der Waals surface area contributed by atoms with E-state index in [0.29, 0.717) is 5.69 Å². The fourth-order valence-corrected chi connectivity index (χ4v) is 3.22. The summed E-state index contributed by atoms with van der Waals surface area (Å²) < 4.78 is 42.3. The van der Waals surface area contributed by atoms with Crippen LogP contribution >= 0.6 is 0 Å². The molecule has 3 heterocycles. The second-order valence-electron chi connectivity index (χ2n) is 7.86. The third kappa shape index (κ3) is 3.86. The van der Waals surface area contributed by atoms with Crippen LogP contribution in [0.2, 0.25) is 0 Å². The molecule has 0 amide bonds. The predicted octanol–water partition coefficient (Wildman–Crippen LogP) is 5.52. The minimum atomic E-state index is -4.53. The number of fused-ring (bicyclic) bond motifs is 1. The Hall–Kier alpha value is -2.84. The average molecular weight is 404 g/mol. The zero-order valence-corrected chi connectivity index (χ0v) is 16.5. The van der Waals surface area contributed by atoms with Gasteiger partial charge in [0.1, 0.15) is 11.4 Å². The minimum Gasteiger partial charge on any atom is -0.364 e. The Morgan fingerprint density at radius 3 is 2.69 bits per heavy atom. The van der Waals surface area contributed by atoms with Gasteiger partial charge in [-0.2, -0.15) is 18.2 Å². The van der Waals surface area contributed by atoms with Gasteiger partial charge in [-0.05, 0) is 39.2 Å². The summed E-state index contributed by atoms with van der Waals surface area (Å²) in [4.78, 5) is 12.3. The maximum absolute atomic E-state index is 13.4. The lowest BCUT2D eigenvalue weighted by molar-refractivity contribution is -0.137. The highest BCUT2D eigenvalue weighted by Crippen LogP contribution is 2.42. The predicted molar refractivity (Wildman–Crippen MR) is 106 cm³/mol. The van der Waals surface area contributed by atoms with Crippen molar-refractivity contribution in [2.45, 2.75) is 57.8 Å². The van der Waals surface area contributed by atoms with Gasteiger partial charge < -0.3 is 15.2 Å². The topological polar surface area (TPSA) is 67.7 Å². The number of hydrogen-bond acceptors (Lipinski definition) is 5. The van der Waals surface area contributed by atoms with Crippen LogP contribution in [0.3, 0.4) is 0 Å². The zero-order chi connectivity index (χ0) is 20.8. The first-order valence-corrected chi connectivity index (χ1v) is 9.64. The third-order valence-electron chi connectivity index (χ3n) is 5.46. The van der Waals surface area contributed by atoms with E-state index in [1.807, 2.05) is 19.2 Å². The Bertz CT molecular complexity index is 1040. The molecule has 0 radical (unpaired) electrons. The number of rotatable bonds is 6. The molecule has 0 aliphatic heterocycles. The van der Waals surface area contributed by atoms with Crippen molar-refractivity contribution < 1.29 is 13.2 Å². The lowest BCUT2D eigenvalue weighted by Crippen LogP contribution is -2.21. The normalized spacial score (nSPS) is 16.6. The molecule has 1 saturated carbocycles. The molecule has 0 spiro atoms. The van der Waals surface area contributed by atoms with Crippen LogP contribution in [0.25, 0.3) is 10.9 Å². The molecule has 1 fully saturated rings. The highest BCUT2D eigenvalue weighted by Gasteiger charge is 2.42. The van der Waals surface area contributed by atoms with Crippen LogP contribution in [0.4, 0.5) is 30.6 Å². The second-order valence-corrected chi connectivity index (χ2v) is 7.86. The fourth-order valence-electron chi connectivity index (χ4n) is 3.22. The third-order valence-corrected chi connectivity index (χ3v) is 5.46. The van der Waals surface area contributed by atoms with Gasteiger partial charge in [0.25, 0.3) is 0 Å². The van der Waals surface area contributed by atoms with Gasteiger partial charge in [-0.1, -0.05) is 6.92 Å². The first kappa shape index (κ1) is 19.5. The molecular weight excluding hydrogens is 381 g/mol. The van der Waals surface area contributed by atoms with Crippen molar-refractivity contribution >= 4 is 28.4 Å². The van der Waals surface area contributed by atoms with Gasteiger partial charge in [-0.3, -0.25) is 4.98 Å². The molecule has 4 rings (SSSR count). The van der Waals surface area contributed by atoms with E-state index in [4.69, 9.17) is 0 Å². The van der Waals surface area contributed by atoms with E-state index in [9.17, 15) is 13.2 Å². The molecule has 29 heavy (non-hydrogen) atoms. The van der Waals surface area contributed by atoms with Crippen LogP contribution in [-0.2, 0) is 6.18 Å². The number of nitrogens with one attached hydrogen (secondary N) is 2. The average Bonchev–Trinajstić information content (AvgIpc) is 3.28. The smallest absolute Gasteiger partial charge is 0.364 e. The molecule has 1 atom stereocenters. The highest BCUT2D eigenvalue weighted by atomic mass is 19.4. The number of alkyl halides is 3. The van der Waals surface area contributed by atoms with Gasteiger partial charge >= 0.3 is 6.18 Å². The summed E-state index contributed by atoms with van der Waals surface area (Å²) in [7, 11) is 0. The molecule has 9 heteroatoms. The Labute approximate surface area is 166 Å². The van der Waals surface area contributed by atoms with Crippen LogP contribution in [-0.4, -0.2) is 25.1 Å². The van der Waals surface area contributed by atoms with Crippen LogP contribution in [0.15, 0.2) is 30.9 Å². The van der Waals surface area contributed by atoms with Crippen LogP contribution < -0.4 is 10.6 Å². The van der Waals surface area contributed by atoms with Crippen LogP contribution in [0.1, 0.15) is 51.6 Å². The summed E-state index contributed by atoms with van der Waals surface area (Å²) in [6.45, 7) is 6.09. The van der Waals surface area contributed by atoms with Crippen molar-refractivity contribution in [3.63, 3.8) is 0 Å². The number of pyridine rings is 1. The summed E-state index contributed by atoms with van der Waals surface area (Å²) in [6.07, 6.45) is 4.24. The number of halogens is 3. The summed E-state index contributed by atoms with van der Waals surface area (Å²) >= 11 is 0. The van der Waals surface area contributed by atoms with Gasteiger partial charge in [0.2, 0.25) is 5.95 Å². The monoisotopic (exact) mass is 404 g/mol. The van der Waals surface area contributed by atoms with Crippen LogP contribution in [0, 0.1) is 0 Å². The molecule has 1 aliphatic rings. The van der Waals surface area contributed by atoms with Crippen molar-refractivity contribution in [1.82, 2.24) is 19.5 Å². The van der Waals surface area contributed by atoms with Gasteiger partial charge in [0.05, 0.1) is 11.2 Å². The van der Waals surface area contributed by atoms with E-state index in [1.54, 1.807) is 12.4 Å². The van der Waals surface area contributed by atoms with Crippen molar-refractivity contribution in [2.75, 3.05) is 10.6 Å². The standard InChI is InChI=1S/C20H23F3N6/c1-4-12(2)29-11-15(13-9-24-8-5-16(13)29)26-18-25-10-14(20(21,22)23)17(27-18)28-19(3)6-7-19/h5,8-12H,4,6-7H2,1-3H3,(H2,25,26,27,28). The molecule has 1 unspecified atom stereocenters. The second kappa shape index (κ2) is 6.89. The van der Waals surface area contributed by atoms with Crippen molar-refractivity contribution in [3.05, 3.63) is 36.4 Å².